The number of likely N-dealkylation sites (N-methyl/N-ethyl adjacent to an activating group) is 1. The van der Waals surface area contributed by atoms with Crippen LogP contribution in [-0.4, -0.2) is 48.5 Å². The molecule has 0 spiro atoms. The van der Waals surface area contributed by atoms with Crippen LogP contribution in [0.4, 0.5) is 0 Å². The van der Waals surface area contributed by atoms with Gasteiger partial charge in [-0.3, -0.25) is 9.69 Å². The van der Waals surface area contributed by atoms with Gasteiger partial charge in [-0.05, 0) is 19.2 Å². The summed E-state index contributed by atoms with van der Waals surface area (Å²) in [6.45, 7) is 0.777. The molecule has 78 valence electrons. The molecular weight excluding hydrogens is 196 g/mol. The smallest absolute Gasteiger partial charge is 0.234 e. The Morgan fingerprint density at radius 3 is 3.14 bits per heavy atom. The van der Waals surface area contributed by atoms with Crippen molar-refractivity contribution in [2.24, 2.45) is 0 Å². The molecule has 1 aliphatic rings. The Kier molecular flexibility index (Phi) is 4.85. The maximum absolute atomic E-state index is 11.3. The Balaban J connectivity index is 2.22. The normalized spacial score (nSPS) is 20.8. The third kappa shape index (κ3) is 3.60. The molecule has 1 heterocycles. The summed E-state index contributed by atoms with van der Waals surface area (Å²) in [5.74, 6) is 4.75. The van der Waals surface area contributed by atoms with Crippen LogP contribution in [0.1, 0.15) is 6.42 Å². The van der Waals surface area contributed by atoms with Crippen LogP contribution in [0.3, 0.4) is 0 Å². The van der Waals surface area contributed by atoms with Gasteiger partial charge in [0.15, 0.2) is 0 Å². The highest BCUT2D eigenvalue weighted by atomic mass is 32.2. The van der Waals surface area contributed by atoms with Crippen LogP contribution in [0.25, 0.3) is 0 Å². The summed E-state index contributed by atoms with van der Waals surface area (Å²) in [7, 11) is 1.99. The van der Waals surface area contributed by atoms with Crippen molar-refractivity contribution in [2.45, 2.75) is 12.5 Å². The predicted molar refractivity (Wildman–Crippen MR) is 60.2 cm³/mol. The monoisotopic (exact) mass is 212 g/mol. The summed E-state index contributed by atoms with van der Waals surface area (Å²) in [5, 5.41) is 2.66. The zero-order valence-corrected chi connectivity index (χ0v) is 9.27. The third-order valence-corrected chi connectivity index (χ3v) is 3.45. The van der Waals surface area contributed by atoms with E-state index in [1.54, 1.807) is 0 Å². The van der Waals surface area contributed by atoms with Crippen LogP contribution in [0, 0.1) is 12.3 Å². The van der Waals surface area contributed by atoms with Crippen molar-refractivity contribution in [3.63, 3.8) is 0 Å². The van der Waals surface area contributed by atoms with Gasteiger partial charge in [0.25, 0.3) is 0 Å². The van der Waals surface area contributed by atoms with Crippen molar-refractivity contribution in [1.29, 1.82) is 0 Å². The van der Waals surface area contributed by atoms with Gasteiger partial charge in [-0.1, -0.05) is 5.92 Å². The maximum atomic E-state index is 11.3. The minimum atomic E-state index is 0.0161. The number of nitrogens with one attached hydrogen (secondary N) is 1. The summed E-state index contributed by atoms with van der Waals surface area (Å²) < 4.78 is 0. The number of carbonyl (C=O) groups is 1. The van der Waals surface area contributed by atoms with E-state index in [1.165, 1.54) is 12.2 Å². The lowest BCUT2D eigenvalue weighted by Crippen LogP contribution is -2.40. The molecule has 0 aromatic rings. The molecule has 0 aromatic heterocycles. The molecule has 3 nitrogen and oxygen atoms in total. The number of thioether (sulfide) groups is 1. The highest BCUT2D eigenvalue weighted by Crippen LogP contribution is 2.20. The van der Waals surface area contributed by atoms with E-state index in [9.17, 15) is 4.79 Å². The summed E-state index contributed by atoms with van der Waals surface area (Å²) in [6, 6.07) is 0.552. The number of terminal acetylenes is 1. The largest absolute Gasteiger partial charge is 0.344 e. The van der Waals surface area contributed by atoms with Crippen molar-refractivity contribution >= 4 is 17.7 Å². The van der Waals surface area contributed by atoms with Crippen LogP contribution < -0.4 is 5.32 Å². The molecule has 1 rings (SSSR count). The molecule has 0 bridgehead atoms. The van der Waals surface area contributed by atoms with E-state index >= 15 is 0 Å². The van der Waals surface area contributed by atoms with Crippen LogP contribution in [0.15, 0.2) is 0 Å². The molecular formula is C10H16N2OS. The van der Waals surface area contributed by atoms with Gasteiger partial charge in [-0.25, -0.2) is 0 Å². The first-order valence-electron chi connectivity index (χ1n) is 4.72. The van der Waals surface area contributed by atoms with Gasteiger partial charge in [0, 0.05) is 11.8 Å². The quantitative estimate of drug-likeness (QED) is 0.674. The topological polar surface area (TPSA) is 32.3 Å². The van der Waals surface area contributed by atoms with E-state index < -0.39 is 0 Å². The lowest BCUT2D eigenvalue weighted by Gasteiger charge is -2.22. The second kappa shape index (κ2) is 5.94. The highest BCUT2D eigenvalue weighted by molar-refractivity contribution is 7.99. The fraction of sp³-hybridized carbons (Fsp3) is 0.700. The summed E-state index contributed by atoms with van der Waals surface area (Å²) >= 11 is 1.95. The fourth-order valence-electron chi connectivity index (χ4n) is 1.43. The van der Waals surface area contributed by atoms with Crippen LogP contribution in [0.5, 0.6) is 0 Å². The highest BCUT2D eigenvalue weighted by Gasteiger charge is 2.21. The lowest BCUT2D eigenvalue weighted by atomic mass is 10.2. The van der Waals surface area contributed by atoms with E-state index in [0.717, 1.165) is 5.75 Å². The molecule has 1 fully saturated rings. The van der Waals surface area contributed by atoms with Gasteiger partial charge in [-0.2, -0.15) is 11.8 Å². The van der Waals surface area contributed by atoms with Crippen LogP contribution in [0.2, 0.25) is 0 Å². The van der Waals surface area contributed by atoms with Gasteiger partial charge in [-0.15, -0.1) is 6.42 Å². The number of hydrogen-bond acceptors (Lipinski definition) is 3. The molecule has 0 saturated carbocycles. The maximum Gasteiger partial charge on any atom is 0.234 e. The minimum absolute atomic E-state index is 0.0161. The van der Waals surface area contributed by atoms with Crippen molar-refractivity contribution in [2.75, 3.05) is 31.6 Å². The molecule has 0 aromatic carbocycles. The van der Waals surface area contributed by atoms with Gasteiger partial charge >= 0.3 is 0 Å². The molecule has 0 aliphatic carbocycles. The van der Waals surface area contributed by atoms with Crippen LogP contribution in [-0.2, 0) is 4.79 Å². The first-order chi connectivity index (χ1) is 6.74. The fourth-order valence-corrected chi connectivity index (χ4v) is 2.73. The number of amides is 1. The average molecular weight is 212 g/mol. The summed E-state index contributed by atoms with van der Waals surface area (Å²) in [4.78, 5) is 13.4. The Labute approximate surface area is 89.6 Å². The molecule has 1 aliphatic heterocycles. The first kappa shape index (κ1) is 11.4. The van der Waals surface area contributed by atoms with Gasteiger partial charge < -0.3 is 5.32 Å². The molecule has 1 saturated heterocycles. The summed E-state index contributed by atoms with van der Waals surface area (Å²) in [6.07, 6.45) is 6.23. The molecule has 0 radical (unpaired) electrons. The lowest BCUT2D eigenvalue weighted by molar-refractivity contribution is -0.122. The van der Waals surface area contributed by atoms with Gasteiger partial charge in [0.05, 0.1) is 13.1 Å². The zero-order chi connectivity index (χ0) is 10.4. The minimum Gasteiger partial charge on any atom is -0.344 e. The molecule has 1 amide bonds. The second-order valence-electron chi connectivity index (χ2n) is 3.41. The van der Waals surface area contributed by atoms with Crippen molar-refractivity contribution in [3.8, 4) is 12.3 Å². The van der Waals surface area contributed by atoms with E-state index in [0.29, 0.717) is 19.1 Å². The van der Waals surface area contributed by atoms with Crippen LogP contribution >= 0.6 is 11.8 Å². The Hall–Kier alpha value is -0.660. The van der Waals surface area contributed by atoms with Crippen molar-refractivity contribution in [3.05, 3.63) is 0 Å². The Morgan fingerprint density at radius 1 is 1.79 bits per heavy atom. The third-order valence-electron chi connectivity index (χ3n) is 2.31. The van der Waals surface area contributed by atoms with Gasteiger partial charge in [0.1, 0.15) is 0 Å². The Bertz CT molecular complexity index is 231. The van der Waals surface area contributed by atoms with Gasteiger partial charge in [0.2, 0.25) is 5.91 Å². The molecule has 4 heteroatoms. The average Bonchev–Trinajstić information content (AvgIpc) is 2.67. The molecule has 1 atom stereocenters. The SMILES string of the molecule is C#CCNC(=O)CN(C)C1CCSC1. The molecule has 1 N–H and O–H groups in total. The van der Waals surface area contributed by atoms with Crippen molar-refractivity contribution < 1.29 is 4.79 Å². The standard InChI is InChI=1S/C10H16N2OS/c1-3-5-11-10(13)7-12(2)9-4-6-14-8-9/h1,9H,4-8H2,2H3,(H,11,13). The van der Waals surface area contributed by atoms with E-state index in [-0.39, 0.29) is 5.91 Å². The predicted octanol–water partition coefficient (Wildman–Crippen LogP) is 0.173. The first-order valence-corrected chi connectivity index (χ1v) is 5.87. The number of carbonyl (C=O) groups excluding carboxylic acids is 1. The summed E-state index contributed by atoms with van der Waals surface area (Å²) in [5.41, 5.74) is 0. The Morgan fingerprint density at radius 2 is 2.57 bits per heavy atom. The van der Waals surface area contributed by atoms with E-state index in [2.05, 4.69) is 16.1 Å². The number of nitrogens with zero attached hydrogens (tertiary/aromatic N) is 1. The second-order valence-corrected chi connectivity index (χ2v) is 4.56. The number of rotatable bonds is 4. The number of hydrogen-bond donors (Lipinski definition) is 1. The van der Waals surface area contributed by atoms with Crippen molar-refractivity contribution in [1.82, 2.24) is 10.2 Å². The molecule has 1 unspecified atom stereocenters. The van der Waals surface area contributed by atoms with E-state index in [4.69, 9.17) is 6.42 Å². The molecule has 14 heavy (non-hydrogen) atoms. The van der Waals surface area contributed by atoms with E-state index in [1.807, 2.05) is 18.8 Å². The zero-order valence-electron chi connectivity index (χ0n) is 8.45.